The molecule has 2 aromatic carbocycles. The Bertz CT molecular complexity index is 2630. The topological polar surface area (TPSA) is 248 Å². The van der Waals surface area contributed by atoms with Gasteiger partial charge in [-0.05, 0) is 103 Å². The number of piperazine rings is 2. The molecule has 3 N–H and O–H groups in total. The fourth-order valence-corrected chi connectivity index (χ4v) is 8.03. The maximum Gasteiger partial charge on any atom is 0.410 e. The van der Waals surface area contributed by atoms with Gasteiger partial charge in [-0.15, -0.1) is 5.10 Å². The number of nitrogens with zero attached hydrogens (tertiary/aromatic N) is 9. The third-order valence-electron chi connectivity index (χ3n) is 11.4. The number of ether oxygens (including phenoxy) is 2. The number of hydrogen-bond donors (Lipinski definition) is 3. The van der Waals surface area contributed by atoms with Gasteiger partial charge >= 0.3 is 23.6 Å². The molecule has 4 fully saturated rings. The molecule has 0 aliphatic carbocycles. The highest BCUT2D eigenvalue weighted by Crippen LogP contribution is 2.26. The van der Waals surface area contributed by atoms with E-state index in [2.05, 4.69) is 51.7 Å². The molecule has 4 saturated heterocycles. The van der Waals surface area contributed by atoms with E-state index in [1.54, 1.807) is 23.9 Å². The zero-order valence-electron chi connectivity index (χ0n) is 40.2. The SMILES string of the molecule is C.Cn1c(-c2ccc(N3CCN(C(=O)OC(C)(C)C)CC3)cc2)n[nH]c1=O.Cn1c(-c2ccc(N3CCN(C(=O)OC(C)(C)C)CC3)cc2)nn(C2CCC(=O)NC2=O)c1=O.O=C1CCC(Br)C(=O)N1. The van der Waals surface area contributed by atoms with Gasteiger partial charge in [-0.3, -0.25) is 38.9 Å². The zero-order valence-corrected chi connectivity index (χ0v) is 41.8. The van der Waals surface area contributed by atoms with Crippen LogP contribution in [-0.4, -0.2) is 143 Å². The second-order valence-corrected chi connectivity index (χ2v) is 20.0. The molecule has 70 heavy (non-hydrogen) atoms. The number of rotatable bonds is 5. The van der Waals surface area contributed by atoms with Gasteiger partial charge in [0.25, 0.3) is 5.91 Å². The minimum atomic E-state index is -0.800. The molecule has 2 aromatic heterocycles. The van der Waals surface area contributed by atoms with Crippen LogP contribution in [0.5, 0.6) is 0 Å². The van der Waals surface area contributed by atoms with Crippen molar-refractivity contribution in [3.8, 4) is 22.8 Å². The molecule has 4 aliphatic rings. The maximum atomic E-state index is 12.7. The van der Waals surface area contributed by atoms with E-state index in [1.807, 2.05) is 90.1 Å². The van der Waals surface area contributed by atoms with Crippen LogP contribution in [0.25, 0.3) is 22.8 Å². The zero-order chi connectivity index (χ0) is 50.4. The Morgan fingerprint density at radius 3 is 1.43 bits per heavy atom. The van der Waals surface area contributed by atoms with E-state index in [0.717, 1.165) is 40.3 Å². The number of piperidine rings is 2. The number of hydrogen-bond acceptors (Lipinski definition) is 14. The molecule has 0 saturated carbocycles. The highest BCUT2D eigenvalue weighted by Gasteiger charge is 2.32. The third-order valence-corrected chi connectivity index (χ3v) is 12.3. The van der Waals surface area contributed by atoms with Gasteiger partial charge in [0.2, 0.25) is 17.7 Å². The van der Waals surface area contributed by atoms with E-state index in [4.69, 9.17) is 9.47 Å². The van der Waals surface area contributed by atoms with Crippen molar-refractivity contribution < 1.29 is 38.2 Å². The number of alkyl halides is 1. The number of imide groups is 2. The van der Waals surface area contributed by atoms with Crippen molar-refractivity contribution in [2.45, 2.75) is 96.7 Å². The lowest BCUT2D eigenvalue weighted by Gasteiger charge is -2.36. The first kappa shape index (κ1) is 54.2. The van der Waals surface area contributed by atoms with E-state index >= 15 is 0 Å². The smallest absolute Gasteiger partial charge is 0.410 e. The highest BCUT2D eigenvalue weighted by atomic mass is 79.9. The fraction of sp³-hybridized carbons (Fsp3) is 0.532. The highest BCUT2D eigenvalue weighted by molar-refractivity contribution is 9.10. The number of aromatic nitrogens is 6. The van der Waals surface area contributed by atoms with Gasteiger partial charge in [0.1, 0.15) is 17.2 Å². The lowest BCUT2D eigenvalue weighted by Crippen LogP contribution is -2.50. The summed E-state index contributed by atoms with van der Waals surface area (Å²) >= 11 is 3.12. The van der Waals surface area contributed by atoms with Gasteiger partial charge in [-0.1, -0.05) is 23.4 Å². The lowest BCUT2D eigenvalue weighted by molar-refractivity contribution is -0.136. The molecule has 0 radical (unpaired) electrons. The molecule has 6 amide bonds. The predicted molar refractivity (Wildman–Crippen MR) is 265 cm³/mol. The molecule has 0 bridgehead atoms. The Labute approximate surface area is 414 Å². The van der Waals surface area contributed by atoms with Crippen LogP contribution in [0.3, 0.4) is 0 Å². The van der Waals surface area contributed by atoms with Crippen molar-refractivity contribution >= 4 is 63.1 Å². The standard InChI is InChI=1S/C23H30N6O5.C18H25N5O3.C5H6BrNO2.CH4/c1-23(2,3)34-22(33)28-13-11-27(12-14-28)16-7-5-15(6-8-16)19-25-29(21(32)26(19)4)17-9-10-18(30)24-20(17)31;1-18(2,3)26-17(25)23-11-9-22(10-12-23)14-7-5-13(6-8-14)15-19-20-16(24)21(15)4;6-3-1-2-4(8)7-5(3)9;/h5-8,17H,9-14H2,1-4H3,(H,24,30,31);5-8H,9-12H2,1-4H3,(H,20,24);3H,1-2H2,(H,7,8,9);1H4. The van der Waals surface area contributed by atoms with Crippen molar-refractivity contribution in [3.63, 3.8) is 0 Å². The maximum absolute atomic E-state index is 12.7. The van der Waals surface area contributed by atoms with Gasteiger partial charge in [0, 0.05) is 102 Å². The number of H-pyrrole nitrogens is 1. The van der Waals surface area contributed by atoms with Crippen molar-refractivity contribution in [1.29, 1.82) is 0 Å². The number of anilines is 2. The van der Waals surface area contributed by atoms with Crippen molar-refractivity contribution in [2.75, 3.05) is 62.2 Å². The number of halogens is 1. The quantitative estimate of drug-likeness (QED) is 0.189. The van der Waals surface area contributed by atoms with Gasteiger partial charge in [0.15, 0.2) is 11.6 Å². The van der Waals surface area contributed by atoms with Crippen molar-refractivity contribution in [1.82, 2.24) is 49.5 Å². The van der Waals surface area contributed by atoms with Gasteiger partial charge in [-0.25, -0.2) is 29.0 Å². The van der Waals surface area contributed by atoms with E-state index < -0.39 is 28.8 Å². The second-order valence-electron chi connectivity index (χ2n) is 18.9. The number of carbonyl (C=O) groups excluding carboxylic acids is 6. The largest absolute Gasteiger partial charge is 0.444 e. The van der Waals surface area contributed by atoms with Crippen molar-refractivity contribution in [3.05, 3.63) is 69.5 Å². The average Bonchev–Trinajstić information content (AvgIpc) is 3.79. The van der Waals surface area contributed by atoms with E-state index in [-0.39, 0.29) is 60.7 Å². The monoisotopic (exact) mass is 1040 g/mol. The van der Waals surface area contributed by atoms with Crippen molar-refractivity contribution in [2.24, 2.45) is 14.1 Å². The summed E-state index contributed by atoms with van der Waals surface area (Å²) in [5.41, 5.74) is 2.06. The number of aromatic amines is 1. The van der Waals surface area contributed by atoms with E-state index in [0.29, 0.717) is 63.8 Å². The molecular formula is C47H65BrN12O10. The molecule has 23 heteroatoms. The molecule has 0 spiro atoms. The lowest BCUT2D eigenvalue weighted by atomic mass is 10.1. The molecule has 22 nitrogen and oxygen atoms in total. The summed E-state index contributed by atoms with van der Waals surface area (Å²) in [6, 6.07) is 14.8. The van der Waals surface area contributed by atoms with Crippen LogP contribution >= 0.6 is 15.9 Å². The number of amides is 6. The Morgan fingerprint density at radius 1 is 0.614 bits per heavy atom. The normalized spacial score (nSPS) is 18.6. The van der Waals surface area contributed by atoms with Crippen LogP contribution in [-0.2, 0) is 42.7 Å². The predicted octanol–water partition coefficient (Wildman–Crippen LogP) is 3.94. The summed E-state index contributed by atoms with van der Waals surface area (Å²) in [5.74, 6) is -0.189. The second kappa shape index (κ2) is 22.8. The molecule has 380 valence electrons. The van der Waals surface area contributed by atoms with Gasteiger partial charge < -0.3 is 29.1 Å². The van der Waals surface area contributed by atoms with Gasteiger partial charge in [0.05, 0.1) is 4.83 Å². The minimum absolute atomic E-state index is 0. The van der Waals surface area contributed by atoms with Crippen LogP contribution in [0.15, 0.2) is 58.1 Å². The Kier molecular flexibility index (Phi) is 17.6. The van der Waals surface area contributed by atoms with Crippen LogP contribution in [0, 0.1) is 0 Å². The van der Waals surface area contributed by atoms with E-state index in [1.165, 1.54) is 9.13 Å². The molecule has 2 atom stereocenters. The summed E-state index contributed by atoms with van der Waals surface area (Å²) in [6.45, 7) is 16.4. The van der Waals surface area contributed by atoms with Gasteiger partial charge in [-0.2, -0.15) is 5.10 Å². The summed E-state index contributed by atoms with van der Waals surface area (Å²) in [6.07, 6.45) is 0.925. The number of benzene rings is 2. The average molecular weight is 1040 g/mol. The van der Waals surface area contributed by atoms with Crippen LogP contribution in [0.1, 0.15) is 80.7 Å². The number of carbonyl (C=O) groups is 6. The van der Waals surface area contributed by atoms with Crippen LogP contribution < -0.4 is 31.8 Å². The molecule has 4 aliphatic heterocycles. The fourth-order valence-electron chi connectivity index (χ4n) is 7.69. The summed E-state index contributed by atoms with van der Waals surface area (Å²) in [4.78, 5) is 101. The Morgan fingerprint density at radius 2 is 1.04 bits per heavy atom. The van der Waals surface area contributed by atoms with E-state index in [9.17, 15) is 38.4 Å². The molecule has 4 aromatic rings. The molecule has 8 rings (SSSR count). The first-order chi connectivity index (χ1) is 32.5. The first-order valence-electron chi connectivity index (χ1n) is 22.7. The first-order valence-corrected chi connectivity index (χ1v) is 23.6. The molecular weight excluding hydrogens is 972 g/mol. The van der Waals surface area contributed by atoms with Crippen LogP contribution in [0.2, 0.25) is 0 Å². The summed E-state index contributed by atoms with van der Waals surface area (Å²) in [7, 11) is 3.29. The minimum Gasteiger partial charge on any atom is -0.444 e. The summed E-state index contributed by atoms with van der Waals surface area (Å²) < 4.78 is 14.9. The molecule has 6 heterocycles. The number of nitrogens with one attached hydrogen (secondary N) is 3. The Balaban J connectivity index is 0.000000223. The Hall–Kier alpha value is -6.78. The third kappa shape index (κ3) is 13.9. The summed E-state index contributed by atoms with van der Waals surface area (Å²) in [5, 5.41) is 15.4. The molecule has 2 unspecified atom stereocenters. The van der Waals surface area contributed by atoms with Crippen LogP contribution in [0.4, 0.5) is 21.0 Å².